The quantitative estimate of drug-likeness (QED) is 0.573. The molecule has 0 aliphatic rings. The van der Waals surface area contributed by atoms with E-state index in [4.69, 9.17) is 4.42 Å². The average Bonchev–Trinajstić information content (AvgIpc) is 2.28. The predicted molar refractivity (Wildman–Crippen MR) is 58.5 cm³/mol. The van der Waals surface area contributed by atoms with Crippen LogP contribution >= 0.6 is 0 Å². The number of hydrogen-bond acceptors (Lipinski definition) is 4. The van der Waals surface area contributed by atoms with Crippen LogP contribution < -0.4 is 5.43 Å². The summed E-state index contributed by atoms with van der Waals surface area (Å²) in [5, 5.41) is 11.0. The number of nitro benzene ring substituents is 1. The Morgan fingerprint density at radius 3 is 2.81 bits per heavy atom. The first-order valence-electron chi connectivity index (χ1n) is 4.83. The van der Waals surface area contributed by atoms with E-state index in [0.29, 0.717) is 12.2 Å². The molecule has 5 heteroatoms. The Morgan fingerprint density at radius 1 is 1.44 bits per heavy atom. The van der Waals surface area contributed by atoms with Crippen molar-refractivity contribution in [2.24, 2.45) is 0 Å². The molecule has 1 aromatic carbocycles. The van der Waals surface area contributed by atoms with Crippen molar-refractivity contribution < 1.29 is 9.34 Å². The lowest BCUT2D eigenvalue weighted by Crippen LogP contribution is -2.03. The van der Waals surface area contributed by atoms with E-state index in [1.165, 1.54) is 24.3 Å². The van der Waals surface area contributed by atoms with E-state index in [-0.39, 0.29) is 22.1 Å². The maximum absolute atomic E-state index is 11.7. The first-order valence-corrected chi connectivity index (χ1v) is 4.83. The van der Waals surface area contributed by atoms with Crippen molar-refractivity contribution in [3.05, 3.63) is 50.4 Å². The molecule has 0 bridgehead atoms. The number of nitro groups is 1. The van der Waals surface area contributed by atoms with Crippen LogP contribution in [0.4, 0.5) is 5.69 Å². The number of benzene rings is 1. The molecule has 0 atom stereocenters. The zero-order valence-electron chi connectivity index (χ0n) is 8.60. The minimum atomic E-state index is -0.551. The maximum atomic E-state index is 11.7. The van der Waals surface area contributed by atoms with Gasteiger partial charge in [0.05, 0.1) is 10.3 Å². The fourth-order valence-electron chi connectivity index (χ4n) is 1.53. The molecule has 1 heterocycles. The summed E-state index contributed by atoms with van der Waals surface area (Å²) in [4.78, 5) is 21.9. The second kappa shape index (κ2) is 3.77. The van der Waals surface area contributed by atoms with Gasteiger partial charge >= 0.3 is 5.69 Å². The normalized spacial score (nSPS) is 10.6. The Morgan fingerprint density at radius 2 is 2.19 bits per heavy atom. The molecule has 0 spiro atoms. The van der Waals surface area contributed by atoms with Crippen molar-refractivity contribution in [2.75, 3.05) is 0 Å². The van der Waals surface area contributed by atoms with Crippen LogP contribution in [0.2, 0.25) is 0 Å². The Balaban J connectivity index is 2.90. The molecule has 0 saturated carbocycles. The summed E-state index contributed by atoms with van der Waals surface area (Å²) in [7, 11) is 0. The van der Waals surface area contributed by atoms with E-state index < -0.39 is 4.92 Å². The highest BCUT2D eigenvalue weighted by atomic mass is 16.6. The van der Waals surface area contributed by atoms with Crippen LogP contribution in [0.15, 0.2) is 33.5 Å². The standard InChI is InChI=1S/C11H9NO4/c1-2-7-6-10(13)8-4-3-5-9(12(14)15)11(8)16-7/h3-6H,2H2,1H3. The SMILES string of the molecule is CCc1cc(=O)c2cccc([N+](=O)[O-])c2o1. The molecule has 2 aromatic rings. The van der Waals surface area contributed by atoms with Gasteiger partial charge in [0.2, 0.25) is 5.58 Å². The van der Waals surface area contributed by atoms with Crippen LogP contribution in [0.25, 0.3) is 11.0 Å². The molecule has 82 valence electrons. The molecule has 0 unspecified atom stereocenters. The van der Waals surface area contributed by atoms with Crippen LogP contribution in [-0.4, -0.2) is 4.92 Å². The van der Waals surface area contributed by atoms with Crippen molar-refractivity contribution in [1.82, 2.24) is 0 Å². The minimum absolute atomic E-state index is 0.0526. The van der Waals surface area contributed by atoms with Gasteiger partial charge in [-0.25, -0.2) is 0 Å². The number of aryl methyl sites for hydroxylation is 1. The van der Waals surface area contributed by atoms with Gasteiger partial charge < -0.3 is 4.42 Å². The Kier molecular flexibility index (Phi) is 2.44. The van der Waals surface area contributed by atoms with Gasteiger partial charge in [-0.15, -0.1) is 0 Å². The first kappa shape index (κ1) is 10.4. The molecular formula is C11H9NO4. The van der Waals surface area contributed by atoms with Gasteiger partial charge in [0.25, 0.3) is 0 Å². The summed E-state index contributed by atoms with van der Waals surface area (Å²) in [6, 6.07) is 5.69. The zero-order valence-corrected chi connectivity index (χ0v) is 8.60. The monoisotopic (exact) mass is 219 g/mol. The van der Waals surface area contributed by atoms with Crippen LogP contribution in [0.1, 0.15) is 12.7 Å². The summed E-state index contributed by atoms with van der Waals surface area (Å²) in [5.41, 5.74) is -0.372. The van der Waals surface area contributed by atoms with Crippen molar-refractivity contribution in [2.45, 2.75) is 13.3 Å². The Bertz CT molecular complexity index is 615. The number of hydrogen-bond donors (Lipinski definition) is 0. The zero-order chi connectivity index (χ0) is 11.7. The number of rotatable bonds is 2. The number of non-ortho nitro benzene ring substituents is 1. The number of para-hydroxylation sites is 1. The van der Waals surface area contributed by atoms with Crippen LogP contribution in [-0.2, 0) is 6.42 Å². The fourth-order valence-corrected chi connectivity index (χ4v) is 1.53. The van der Waals surface area contributed by atoms with Crippen molar-refractivity contribution in [3.63, 3.8) is 0 Å². The molecule has 0 fully saturated rings. The molecule has 16 heavy (non-hydrogen) atoms. The van der Waals surface area contributed by atoms with Gasteiger partial charge in [-0.05, 0) is 6.07 Å². The van der Waals surface area contributed by atoms with E-state index >= 15 is 0 Å². The highest BCUT2D eigenvalue weighted by molar-refractivity contribution is 5.84. The van der Waals surface area contributed by atoms with Gasteiger partial charge in [-0.1, -0.05) is 13.0 Å². The van der Waals surface area contributed by atoms with E-state index in [2.05, 4.69) is 0 Å². The summed E-state index contributed by atoms with van der Waals surface area (Å²) >= 11 is 0. The third-order valence-electron chi connectivity index (χ3n) is 2.33. The molecular weight excluding hydrogens is 210 g/mol. The van der Waals surface area contributed by atoms with Crippen molar-refractivity contribution in [1.29, 1.82) is 0 Å². The first-order chi connectivity index (χ1) is 7.63. The average molecular weight is 219 g/mol. The summed E-state index contributed by atoms with van der Waals surface area (Å²) in [5.74, 6) is 0.451. The Hall–Kier alpha value is -2.17. The van der Waals surface area contributed by atoms with Gasteiger partial charge in [0.15, 0.2) is 5.43 Å². The molecule has 0 aliphatic carbocycles. The smallest absolute Gasteiger partial charge is 0.312 e. The van der Waals surface area contributed by atoms with Crippen LogP contribution in [0, 0.1) is 10.1 Å². The van der Waals surface area contributed by atoms with Crippen LogP contribution in [0.5, 0.6) is 0 Å². The molecule has 2 rings (SSSR count). The summed E-state index contributed by atoms with van der Waals surface area (Å²) in [6.07, 6.45) is 0.525. The number of fused-ring (bicyclic) bond motifs is 1. The molecule has 1 aromatic heterocycles. The van der Waals surface area contributed by atoms with Crippen molar-refractivity contribution >= 4 is 16.7 Å². The lowest BCUT2D eigenvalue weighted by molar-refractivity contribution is -0.383. The largest absolute Gasteiger partial charge is 0.454 e. The molecule has 0 radical (unpaired) electrons. The van der Waals surface area contributed by atoms with E-state index in [9.17, 15) is 14.9 Å². The Labute approximate surface area is 90.5 Å². The van der Waals surface area contributed by atoms with E-state index in [1.807, 2.05) is 6.92 Å². The lowest BCUT2D eigenvalue weighted by Gasteiger charge is -2.00. The fraction of sp³-hybridized carbons (Fsp3) is 0.182. The highest BCUT2D eigenvalue weighted by Crippen LogP contribution is 2.23. The van der Waals surface area contributed by atoms with Crippen LogP contribution in [0.3, 0.4) is 0 Å². The maximum Gasteiger partial charge on any atom is 0.312 e. The third kappa shape index (κ3) is 1.56. The molecule has 0 saturated heterocycles. The molecule has 0 aliphatic heterocycles. The lowest BCUT2D eigenvalue weighted by atomic mass is 10.2. The van der Waals surface area contributed by atoms with Gasteiger partial charge in [-0.3, -0.25) is 14.9 Å². The van der Waals surface area contributed by atoms with E-state index in [1.54, 1.807) is 0 Å². The third-order valence-corrected chi connectivity index (χ3v) is 2.33. The highest BCUT2D eigenvalue weighted by Gasteiger charge is 2.16. The topological polar surface area (TPSA) is 73.3 Å². The second-order valence-corrected chi connectivity index (χ2v) is 3.34. The minimum Gasteiger partial charge on any atom is -0.454 e. The molecule has 0 amide bonds. The molecule has 5 nitrogen and oxygen atoms in total. The van der Waals surface area contributed by atoms with Gasteiger partial charge in [0.1, 0.15) is 5.76 Å². The van der Waals surface area contributed by atoms with Gasteiger partial charge in [-0.2, -0.15) is 0 Å². The predicted octanol–water partition coefficient (Wildman–Crippen LogP) is 2.26. The second-order valence-electron chi connectivity index (χ2n) is 3.34. The van der Waals surface area contributed by atoms with Gasteiger partial charge in [0, 0.05) is 18.6 Å². The van der Waals surface area contributed by atoms with E-state index in [0.717, 1.165) is 0 Å². The molecule has 0 N–H and O–H groups in total. The van der Waals surface area contributed by atoms with Crippen molar-refractivity contribution in [3.8, 4) is 0 Å². The summed E-state index contributed by atoms with van der Waals surface area (Å²) in [6.45, 7) is 1.82. The summed E-state index contributed by atoms with van der Waals surface area (Å²) < 4.78 is 5.34. The number of nitrogens with zero attached hydrogens (tertiary/aromatic N) is 1.